The number of hydrogen-bond donors (Lipinski definition) is 2. The molecular weight excluding hydrogens is 413 g/mol. The molecule has 0 aliphatic carbocycles. The highest BCUT2D eigenvalue weighted by Crippen LogP contribution is 2.25. The second kappa shape index (κ2) is 8.89. The highest BCUT2D eigenvalue weighted by Gasteiger charge is 2.22. The van der Waals surface area contributed by atoms with Gasteiger partial charge in [0.15, 0.2) is 5.58 Å². The fourth-order valence-electron chi connectivity index (χ4n) is 3.58. The molecule has 1 unspecified atom stereocenters. The van der Waals surface area contributed by atoms with Crippen molar-refractivity contribution in [1.82, 2.24) is 4.57 Å². The summed E-state index contributed by atoms with van der Waals surface area (Å²) in [7, 11) is 0. The predicted molar refractivity (Wildman–Crippen MR) is 118 cm³/mol. The van der Waals surface area contributed by atoms with Crippen molar-refractivity contribution >= 4 is 28.6 Å². The Morgan fingerprint density at radius 3 is 2.44 bits per heavy atom. The molecule has 3 aromatic carbocycles. The molecule has 0 aliphatic heterocycles. The normalized spacial score (nSPS) is 11.9. The van der Waals surface area contributed by atoms with Gasteiger partial charge in [-0.25, -0.2) is 9.18 Å². The zero-order valence-electron chi connectivity index (χ0n) is 17.0. The van der Waals surface area contributed by atoms with Gasteiger partial charge < -0.3 is 15.5 Å². The van der Waals surface area contributed by atoms with Crippen LogP contribution in [-0.2, 0) is 22.6 Å². The molecule has 0 fully saturated rings. The Kier molecular flexibility index (Phi) is 5.85. The van der Waals surface area contributed by atoms with E-state index in [1.165, 1.54) is 18.2 Å². The SMILES string of the molecule is NC(=O)Cn1c(=O)oc2cc(NC(=O)C(Cc3ccc(F)cc3)c3ccccc3)ccc21. The molecular formula is C24H20FN3O4. The van der Waals surface area contributed by atoms with E-state index in [4.69, 9.17) is 10.2 Å². The molecule has 162 valence electrons. The van der Waals surface area contributed by atoms with E-state index in [9.17, 15) is 18.8 Å². The Morgan fingerprint density at radius 1 is 1.03 bits per heavy atom. The first kappa shape index (κ1) is 21.0. The van der Waals surface area contributed by atoms with Gasteiger partial charge in [-0.15, -0.1) is 0 Å². The van der Waals surface area contributed by atoms with Crippen molar-refractivity contribution in [1.29, 1.82) is 0 Å². The quantitative estimate of drug-likeness (QED) is 0.467. The summed E-state index contributed by atoms with van der Waals surface area (Å²) in [5.41, 5.74) is 7.87. The van der Waals surface area contributed by atoms with Crippen molar-refractivity contribution in [3.63, 3.8) is 0 Å². The van der Waals surface area contributed by atoms with Gasteiger partial charge in [-0.2, -0.15) is 0 Å². The fraction of sp³-hybridized carbons (Fsp3) is 0.125. The summed E-state index contributed by atoms with van der Waals surface area (Å²) >= 11 is 0. The molecule has 4 aromatic rings. The van der Waals surface area contributed by atoms with Crippen molar-refractivity contribution in [2.75, 3.05) is 5.32 Å². The van der Waals surface area contributed by atoms with Crippen LogP contribution in [0.5, 0.6) is 0 Å². The number of primary amides is 1. The van der Waals surface area contributed by atoms with Crippen LogP contribution in [0.1, 0.15) is 17.0 Å². The molecule has 0 saturated carbocycles. The number of oxazole rings is 1. The molecule has 8 heteroatoms. The summed E-state index contributed by atoms with van der Waals surface area (Å²) in [6.07, 6.45) is 0.377. The molecule has 7 nitrogen and oxygen atoms in total. The Hall–Kier alpha value is -4.20. The first-order chi connectivity index (χ1) is 15.4. The zero-order valence-corrected chi connectivity index (χ0v) is 17.0. The van der Waals surface area contributed by atoms with Gasteiger partial charge in [-0.3, -0.25) is 14.2 Å². The lowest BCUT2D eigenvalue weighted by molar-refractivity contribution is -0.119. The van der Waals surface area contributed by atoms with Crippen LogP contribution in [0.25, 0.3) is 11.1 Å². The number of anilines is 1. The molecule has 1 atom stereocenters. The third-order valence-corrected chi connectivity index (χ3v) is 5.12. The molecule has 1 heterocycles. The molecule has 3 N–H and O–H groups in total. The number of hydrogen-bond acceptors (Lipinski definition) is 4. The van der Waals surface area contributed by atoms with Crippen LogP contribution in [0.15, 0.2) is 82.0 Å². The van der Waals surface area contributed by atoms with Gasteiger partial charge in [0.1, 0.15) is 12.4 Å². The van der Waals surface area contributed by atoms with Crippen molar-refractivity contribution in [3.05, 3.63) is 100 Å². The van der Waals surface area contributed by atoms with E-state index < -0.39 is 17.6 Å². The fourth-order valence-corrected chi connectivity index (χ4v) is 3.58. The maximum Gasteiger partial charge on any atom is 0.420 e. The summed E-state index contributed by atoms with van der Waals surface area (Å²) in [4.78, 5) is 36.4. The van der Waals surface area contributed by atoms with E-state index in [1.54, 1.807) is 24.3 Å². The van der Waals surface area contributed by atoms with Gasteiger partial charge in [0.25, 0.3) is 0 Å². The molecule has 0 spiro atoms. The molecule has 4 rings (SSSR count). The monoisotopic (exact) mass is 433 g/mol. The van der Waals surface area contributed by atoms with Gasteiger partial charge >= 0.3 is 5.76 Å². The van der Waals surface area contributed by atoms with E-state index in [0.29, 0.717) is 17.6 Å². The maximum atomic E-state index is 13.3. The molecule has 0 bridgehead atoms. The first-order valence-electron chi connectivity index (χ1n) is 9.92. The van der Waals surface area contributed by atoms with Gasteiger partial charge in [-0.1, -0.05) is 42.5 Å². The minimum atomic E-state index is -0.708. The number of amides is 2. The van der Waals surface area contributed by atoms with Crippen LogP contribution in [-0.4, -0.2) is 16.4 Å². The molecule has 0 aliphatic rings. The second-order valence-corrected chi connectivity index (χ2v) is 7.39. The first-order valence-corrected chi connectivity index (χ1v) is 9.92. The topological polar surface area (TPSA) is 107 Å². The molecule has 32 heavy (non-hydrogen) atoms. The average Bonchev–Trinajstić information content (AvgIpc) is 3.07. The third kappa shape index (κ3) is 4.59. The van der Waals surface area contributed by atoms with Gasteiger partial charge in [0.2, 0.25) is 11.8 Å². The van der Waals surface area contributed by atoms with Crippen LogP contribution in [0.4, 0.5) is 10.1 Å². The van der Waals surface area contributed by atoms with Gasteiger partial charge in [0, 0.05) is 11.8 Å². The largest absolute Gasteiger partial charge is 0.420 e. The van der Waals surface area contributed by atoms with Crippen LogP contribution in [0, 0.1) is 5.82 Å². The maximum absolute atomic E-state index is 13.3. The number of nitrogens with one attached hydrogen (secondary N) is 1. The number of carbonyl (C=O) groups excluding carboxylic acids is 2. The number of aromatic nitrogens is 1. The molecule has 2 amide bonds. The van der Waals surface area contributed by atoms with Crippen molar-refractivity contribution in [3.8, 4) is 0 Å². The van der Waals surface area contributed by atoms with E-state index in [2.05, 4.69) is 5.32 Å². The van der Waals surface area contributed by atoms with Gasteiger partial charge in [-0.05, 0) is 41.8 Å². The van der Waals surface area contributed by atoms with E-state index in [-0.39, 0.29) is 23.9 Å². The number of nitrogens with two attached hydrogens (primary N) is 1. The number of carbonyl (C=O) groups is 2. The molecule has 0 saturated heterocycles. The highest BCUT2D eigenvalue weighted by atomic mass is 19.1. The van der Waals surface area contributed by atoms with E-state index in [0.717, 1.165) is 15.7 Å². The minimum absolute atomic E-state index is 0.226. The lowest BCUT2D eigenvalue weighted by Gasteiger charge is -2.18. The minimum Gasteiger partial charge on any atom is -0.408 e. The molecule has 1 aromatic heterocycles. The number of benzene rings is 3. The van der Waals surface area contributed by atoms with Crippen LogP contribution >= 0.6 is 0 Å². The van der Waals surface area contributed by atoms with Crippen molar-refractivity contribution in [2.45, 2.75) is 18.9 Å². The van der Waals surface area contributed by atoms with Gasteiger partial charge in [0.05, 0.1) is 11.4 Å². The lowest BCUT2D eigenvalue weighted by Crippen LogP contribution is -2.25. The third-order valence-electron chi connectivity index (χ3n) is 5.12. The lowest BCUT2D eigenvalue weighted by atomic mass is 9.91. The van der Waals surface area contributed by atoms with Crippen LogP contribution in [0.2, 0.25) is 0 Å². The van der Waals surface area contributed by atoms with Crippen LogP contribution < -0.4 is 16.8 Å². The number of rotatable bonds is 7. The van der Waals surface area contributed by atoms with Crippen molar-refractivity contribution < 1.29 is 18.4 Å². The Bertz CT molecular complexity index is 1330. The number of halogens is 1. The summed E-state index contributed by atoms with van der Waals surface area (Å²) in [6.45, 7) is -0.300. The second-order valence-electron chi connectivity index (χ2n) is 7.39. The average molecular weight is 433 g/mol. The number of nitrogens with zero attached hydrogens (tertiary/aromatic N) is 1. The summed E-state index contributed by atoms with van der Waals surface area (Å²) < 4.78 is 19.6. The van der Waals surface area contributed by atoms with E-state index >= 15 is 0 Å². The smallest absolute Gasteiger partial charge is 0.408 e. The summed E-state index contributed by atoms with van der Waals surface area (Å²) in [6, 6.07) is 20.0. The summed E-state index contributed by atoms with van der Waals surface area (Å²) in [5.74, 6) is -2.51. The number of fused-ring (bicyclic) bond motifs is 1. The Labute approximate surface area is 182 Å². The molecule has 0 radical (unpaired) electrons. The van der Waals surface area contributed by atoms with Crippen LogP contribution in [0.3, 0.4) is 0 Å². The van der Waals surface area contributed by atoms with E-state index in [1.807, 2.05) is 30.3 Å². The zero-order chi connectivity index (χ0) is 22.7. The summed E-state index contributed by atoms with van der Waals surface area (Å²) in [5, 5.41) is 2.86. The standard InChI is InChI=1S/C24H20FN3O4/c25-17-8-6-15(7-9-17)12-19(16-4-2-1-3-5-16)23(30)27-18-10-11-20-21(13-18)32-24(31)28(20)14-22(26)29/h1-11,13,19H,12,14H2,(H2,26,29)(H,27,30). The highest BCUT2D eigenvalue weighted by molar-refractivity contribution is 5.97. The predicted octanol–water partition coefficient (Wildman–Crippen LogP) is 3.18. The Morgan fingerprint density at radius 2 is 1.75 bits per heavy atom. The Balaban J connectivity index is 1.61. The van der Waals surface area contributed by atoms with Crippen molar-refractivity contribution in [2.24, 2.45) is 5.73 Å².